The van der Waals surface area contributed by atoms with Crippen LogP contribution < -0.4 is 10.2 Å². The van der Waals surface area contributed by atoms with Crippen molar-refractivity contribution in [2.75, 3.05) is 24.5 Å². The Kier molecular flexibility index (Phi) is 6.70. The van der Waals surface area contributed by atoms with Crippen molar-refractivity contribution in [3.8, 4) is 0 Å². The van der Waals surface area contributed by atoms with Gasteiger partial charge in [0, 0.05) is 31.0 Å². The number of aromatic nitrogens is 2. The van der Waals surface area contributed by atoms with Crippen LogP contribution in [0.1, 0.15) is 32.3 Å². The highest BCUT2D eigenvalue weighted by atomic mass is 19.4. The smallest absolute Gasteiger partial charge is 0.332 e. The number of alkyl halides is 3. The van der Waals surface area contributed by atoms with Crippen LogP contribution in [0.3, 0.4) is 0 Å². The minimum Gasteiger partial charge on any atom is -0.332 e. The molecule has 0 amide bonds. The summed E-state index contributed by atoms with van der Waals surface area (Å²) >= 11 is 0. The van der Waals surface area contributed by atoms with Gasteiger partial charge in [0.1, 0.15) is 6.54 Å². The molecule has 4 nitrogen and oxygen atoms in total. The highest BCUT2D eigenvalue weighted by molar-refractivity contribution is 5.30. The van der Waals surface area contributed by atoms with E-state index in [1.54, 1.807) is 12.4 Å². The predicted octanol–water partition coefficient (Wildman–Crippen LogP) is 2.75. The second kappa shape index (κ2) is 8.04. The summed E-state index contributed by atoms with van der Waals surface area (Å²) in [5.74, 6) is 0.128. The third-order valence-electron chi connectivity index (χ3n) is 2.59. The maximum Gasteiger partial charge on any atom is 0.406 e. The van der Waals surface area contributed by atoms with Crippen molar-refractivity contribution < 1.29 is 13.2 Å². The Labute approximate surface area is 117 Å². The second-order valence-electron chi connectivity index (χ2n) is 4.60. The van der Waals surface area contributed by atoms with E-state index >= 15 is 0 Å². The lowest BCUT2D eigenvalue weighted by atomic mass is 10.3. The van der Waals surface area contributed by atoms with Gasteiger partial charge in [0.2, 0.25) is 5.95 Å². The van der Waals surface area contributed by atoms with Gasteiger partial charge in [-0.2, -0.15) is 13.2 Å². The molecule has 1 aromatic rings. The lowest BCUT2D eigenvalue weighted by molar-refractivity contribution is -0.119. The van der Waals surface area contributed by atoms with Crippen LogP contribution in [0.15, 0.2) is 12.4 Å². The quantitative estimate of drug-likeness (QED) is 0.747. The molecule has 0 bridgehead atoms. The minimum absolute atomic E-state index is 0.128. The van der Waals surface area contributed by atoms with Gasteiger partial charge in [-0.05, 0) is 19.4 Å². The Bertz CT molecular complexity index is 378. The lowest BCUT2D eigenvalue weighted by Crippen LogP contribution is -2.36. The first-order valence-electron chi connectivity index (χ1n) is 6.79. The monoisotopic (exact) mass is 290 g/mol. The number of hydrogen-bond acceptors (Lipinski definition) is 4. The van der Waals surface area contributed by atoms with Gasteiger partial charge in [0.05, 0.1) is 0 Å². The standard InChI is InChI=1S/C13H21F3N4/c1-3-5-17-7-11-8-18-12(19-9-11)20(6-4-2)10-13(14,15)16/h8-9,17H,3-7,10H2,1-2H3. The number of anilines is 1. The van der Waals surface area contributed by atoms with E-state index in [9.17, 15) is 13.2 Å². The fourth-order valence-electron chi connectivity index (χ4n) is 1.75. The summed E-state index contributed by atoms with van der Waals surface area (Å²) in [6.45, 7) is 4.67. The number of nitrogens with zero attached hydrogens (tertiary/aromatic N) is 3. The Morgan fingerprint density at radius 3 is 2.30 bits per heavy atom. The van der Waals surface area contributed by atoms with Gasteiger partial charge in [-0.15, -0.1) is 0 Å². The molecule has 114 valence electrons. The zero-order valence-corrected chi connectivity index (χ0v) is 11.9. The molecule has 1 rings (SSSR count). The fourth-order valence-corrected chi connectivity index (χ4v) is 1.75. The van der Waals surface area contributed by atoms with Gasteiger partial charge in [-0.25, -0.2) is 9.97 Å². The maximum absolute atomic E-state index is 12.5. The van der Waals surface area contributed by atoms with Crippen LogP contribution in [0.4, 0.5) is 19.1 Å². The van der Waals surface area contributed by atoms with E-state index < -0.39 is 12.7 Å². The summed E-state index contributed by atoms with van der Waals surface area (Å²) in [6.07, 6.45) is 0.530. The molecular weight excluding hydrogens is 269 g/mol. The van der Waals surface area contributed by atoms with E-state index in [1.807, 2.05) is 6.92 Å². The molecule has 0 unspecified atom stereocenters. The van der Waals surface area contributed by atoms with Crippen molar-refractivity contribution >= 4 is 5.95 Å². The average Bonchev–Trinajstić information content (AvgIpc) is 2.38. The summed E-state index contributed by atoms with van der Waals surface area (Å²) < 4.78 is 37.5. The van der Waals surface area contributed by atoms with E-state index in [0.717, 1.165) is 23.4 Å². The maximum atomic E-state index is 12.5. The Morgan fingerprint density at radius 1 is 1.15 bits per heavy atom. The molecular formula is C13H21F3N4. The summed E-state index contributed by atoms with van der Waals surface area (Å²) in [5, 5.41) is 3.19. The van der Waals surface area contributed by atoms with Crippen LogP contribution in [0.25, 0.3) is 0 Å². The molecule has 20 heavy (non-hydrogen) atoms. The summed E-state index contributed by atoms with van der Waals surface area (Å²) in [5.41, 5.74) is 0.866. The second-order valence-corrected chi connectivity index (χ2v) is 4.60. The van der Waals surface area contributed by atoms with Crippen molar-refractivity contribution in [1.82, 2.24) is 15.3 Å². The third-order valence-corrected chi connectivity index (χ3v) is 2.59. The molecule has 0 radical (unpaired) electrons. The normalized spacial score (nSPS) is 11.7. The molecule has 7 heteroatoms. The van der Waals surface area contributed by atoms with Crippen molar-refractivity contribution in [1.29, 1.82) is 0 Å². The van der Waals surface area contributed by atoms with Crippen LogP contribution in [0, 0.1) is 0 Å². The van der Waals surface area contributed by atoms with Crippen LogP contribution >= 0.6 is 0 Å². The molecule has 0 aliphatic rings. The molecule has 0 saturated heterocycles. The van der Waals surface area contributed by atoms with E-state index in [1.165, 1.54) is 0 Å². The molecule has 0 aliphatic heterocycles. The molecule has 1 N–H and O–H groups in total. The van der Waals surface area contributed by atoms with E-state index in [-0.39, 0.29) is 12.5 Å². The zero-order valence-electron chi connectivity index (χ0n) is 11.9. The average molecular weight is 290 g/mol. The Hall–Kier alpha value is -1.37. The Morgan fingerprint density at radius 2 is 1.80 bits per heavy atom. The van der Waals surface area contributed by atoms with Crippen LogP contribution in [-0.4, -0.2) is 35.8 Å². The highest BCUT2D eigenvalue weighted by Gasteiger charge is 2.31. The van der Waals surface area contributed by atoms with Gasteiger partial charge in [-0.1, -0.05) is 13.8 Å². The zero-order chi connectivity index (χ0) is 15.0. The van der Waals surface area contributed by atoms with Gasteiger partial charge in [-0.3, -0.25) is 0 Å². The van der Waals surface area contributed by atoms with Gasteiger partial charge < -0.3 is 10.2 Å². The largest absolute Gasteiger partial charge is 0.406 e. The first-order chi connectivity index (χ1) is 9.46. The van der Waals surface area contributed by atoms with Crippen molar-refractivity contribution in [3.63, 3.8) is 0 Å². The van der Waals surface area contributed by atoms with Gasteiger partial charge in [0.25, 0.3) is 0 Å². The SMILES string of the molecule is CCCNCc1cnc(N(CCC)CC(F)(F)F)nc1. The van der Waals surface area contributed by atoms with E-state index in [4.69, 9.17) is 0 Å². The molecule has 0 spiro atoms. The summed E-state index contributed by atoms with van der Waals surface area (Å²) in [7, 11) is 0. The topological polar surface area (TPSA) is 41.1 Å². The van der Waals surface area contributed by atoms with E-state index in [0.29, 0.717) is 13.0 Å². The van der Waals surface area contributed by atoms with Gasteiger partial charge in [0.15, 0.2) is 0 Å². The van der Waals surface area contributed by atoms with Crippen molar-refractivity contribution in [3.05, 3.63) is 18.0 Å². The van der Waals surface area contributed by atoms with Gasteiger partial charge >= 0.3 is 6.18 Å². The number of nitrogens with one attached hydrogen (secondary N) is 1. The fraction of sp³-hybridized carbons (Fsp3) is 0.692. The first-order valence-corrected chi connectivity index (χ1v) is 6.79. The number of hydrogen-bond donors (Lipinski definition) is 1. The first kappa shape index (κ1) is 16.7. The summed E-state index contributed by atoms with van der Waals surface area (Å²) in [6, 6.07) is 0. The summed E-state index contributed by atoms with van der Waals surface area (Å²) in [4.78, 5) is 9.23. The van der Waals surface area contributed by atoms with Crippen LogP contribution in [-0.2, 0) is 6.54 Å². The molecule has 1 aromatic heterocycles. The molecule has 0 aromatic carbocycles. The van der Waals surface area contributed by atoms with Crippen molar-refractivity contribution in [2.45, 2.75) is 39.4 Å². The molecule has 0 saturated carbocycles. The van der Waals surface area contributed by atoms with Crippen LogP contribution in [0.5, 0.6) is 0 Å². The minimum atomic E-state index is -4.25. The number of halogens is 3. The Balaban J connectivity index is 2.67. The van der Waals surface area contributed by atoms with Crippen molar-refractivity contribution in [2.24, 2.45) is 0 Å². The molecule has 0 atom stereocenters. The molecule has 0 fully saturated rings. The predicted molar refractivity (Wildman–Crippen MR) is 72.6 cm³/mol. The van der Waals surface area contributed by atoms with E-state index in [2.05, 4.69) is 22.2 Å². The molecule has 0 aliphatic carbocycles. The molecule has 1 heterocycles. The third kappa shape index (κ3) is 6.18. The number of rotatable bonds is 8. The highest BCUT2D eigenvalue weighted by Crippen LogP contribution is 2.19. The van der Waals surface area contributed by atoms with Crippen LogP contribution in [0.2, 0.25) is 0 Å². The lowest BCUT2D eigenvalue weighted by Gasteiger charge is -2.23.